The summed E-state index contributed by atoms with van der Waals surface area (Å²) >= 11 is 0. The van der Waals surface area contributed by atoms with Crippen LogP contribution in [0.3, 0.4) is 0 Å². The number of aromatic nitrogens is 1. The Balaban J connectivity index is 1.85. The molecule has 2 fully saturated rings. The van der Waals surface area contributed by atoms with E-state index in [1.165, 1.54) is 6.20 Å². The fraction of sp³-hybridized carbons (Fsp3) is 0.643. The molecule has 1 aliphatic carbocycles. The lowest BCUT2D eigenvalue weighted by Crippen LogP contribution is -2.53. The quantitative estimate of drug-likeness (QED) is 0.661. The summed E-state index contributed by atoms with van der Waals surface area (Å²) in [5, 5.41) is 21.8. The zero-order chi connectivity index (χ0) is 14.2. The van der Waals surface area contributed by atoms with E-state index in [-0.39, 0.29) is 16.5 Å². The molecule has 1 aliphatic heterocycles. The van der Waals surface area contributed by atoms with Crippen molar-refractivity contribution in [3.8, 4) is 0 Å². The molecule has 2 atom stereocenters. The molecule has 1 N–H and O–H groups in total. The van der Waals surface area contributed by atoms with E-state index in [4.69, 9.17) is 0 Å². The third-order valence-electron chi connectivity index (χ3n) is 4.74. The molecule has 108 valence electrons. The normalized spacial score (nSPS) is 29.9. The number of hydrogen-bond donors (Lipinski definition) is 1. The number of pyridine rings is 1. The van der Waals surface area contributed by atoms with Crippen LogP contribution in [-0.4, -0.2) is 33.7 Å². The van der Waals surface area contributed by atoms with E-state index in [9.17, 15) is 15.2 Å². The lowest BCUT2D eigenvalue weighted by atomic mass is 9.71. The number of aliphatic hydroxyl groups is 1. The minimum absolute atomic E-state index is 0.0498. The van der Waals surface area contributed by atoms with E-state index in [0.717, 1.165) is 25.7 Å². The molecule has 1 saturated heterocycles. The van der Waals surface area contributed by atoms with Crippen LogP contribution in [0.2, 0.25) is 0 Å². The van der Waals surface area contributed by atoms with E-state index >= 15 is 0 Å². The second kappa shape index (κ2) is 5.01. The molecule has 6 heteroatoms. The van der Waals surface area contributed by atoms with Crippen LogP contribution in [-0.2, 0) is 0 Å². The number of fused-ring (bicyclic) bond motifs is 1. The summed E-state index contributed by atoms with van der Waals surface area (Å²) in [6.45, 7) is 1.36. The lowest BCUT2D eigenvalue weighted by molar-refractivity contribution is -0.384. The molecular weight excluding hydrogens is 258 g/mol. The van der Waals surface area contributed by atoms with Gasteiger partial charge in [-0.05, 0) is 25.3 Å². The van der Waals surface area contributed by atoms with E-state index in [2.05, 4.69) is 4.98 Å². The summed E-state index contributed by atoms with van der Waals surface area (Å²) in [6.07, 6.45) is 7.68. The monoisotopic (exact) mass is 277 g/mol. The summed E-state index contributed by atoms with van der Waals surface area (Å²) in [7, 11) is 0. The van der Waals surface area contributed by atoms with Crippen molar-refractivity contribution in [2.75, 3.05) is 18.0 Å². The van der Waals surface area contributed by atoms with Gasteiger partial charge >= 0.3 is 5.69 Å². The Morgan fingerprint density at radius 2 is 2.30 bits per heavy atom. The highest BCUT2D eigenvalue weighted by Gasteiger charge is 2.43. The molecule has 2 aliphatic rings. The van der Waals surface area contributed by atoms with Crippen LogP contribution >= 0.6 is 0 Å². The Labute approximate surface area is 117 Å². The van der Waals surface area contributed by atoms with Gasteiger partial charge < -0.3 is 10.0 Å². The maximum atomic E-state index is 11.1. The second-order valence-electron chi connectivity index (χ2n) is 5.86. The van der Waals surface area contributed by atoms with Crippen molar-refractivity contribution in [3.63, 3.8) is 0 Å². The van der Waals surface area contributed by atoms with E-state index in [1.807, 2.05) is 4.90 Å². The number of piperidine rings is 1. The van der Waals surface area contributed by atoms with Crippen molar-refractivity contribution in [3.05, 3.63) is 28.6 Å². The van der Waals surface area contributed by atoms with Crippen LogP contribution in [0, 0.1) is 16.0 Å². The molecule has 0 amide bonds. The van der Waals surface area contributed by atoms with Crippen molar-refractivity contribution in [2.24, 2.45) is 5.92 Å². The largest absolute Gasteiger partial charge is 0.389 e. The fourth-order valence-electron chi connectivity index (χ4n) is 3.58. The first kappa shape index (κ1) is 13.3. The Bertz CT molecular complexity index is 522. The van der Waals surface area contributed by atoms with Crippen LogP contribution in [0.4, 0.5) is 11.4 Å². The minimum Gasteiger partial charge on any atom is -0.389 e. The fourth-order valence-corrected chi connectivity index (χ4v) is 3.58. The average Bonchev–Trinajstić information content (AvgIpc) is 2.46. The van der Waals surface area contributed by atoms with Crippen LogP contribution < -0.4 is 4.90 Å². The molecule has 1 saturated carbocycles. The molecule has 2 unspecified atom stereocenters. The highest BCUT2D eigenvalue weighted by Crippen LogP contribution is 2.42. The molecule has 0 spiro atoms. The molecule has 3 rings (SSSR count). The molecule has 2 heterocycles. The first-order chi connectivity index (χ1) is 9.60. The molecule has 0 radical (unpaired) electrons. The molecule has 20 heavy (non-hydrogen) atoms. The predicted octanol–water partition coefficient (Wildman–Crippen LogP) is 2.12. The summed E-state index contributed by atoms with van der Waals surface area (Å²) in [4.78, 5) is 16.6. The van der Waals surface area contributed by atoms with Crippen molar-refractivity contribution in [1.29, 1.82) is 0 Å². The Hall–Kier alpha value is -1.69. The van der Waals surface area contributed by atoms with Crippen LogP contribution in [0.15, 0.2) is 18.5 Å². The maximum Gasteiger partial charge on any atom is 0.310 e. The molecule has 0 aromatic carbocycles. The van der Waals surface area contributed by atoms with Crippen molar-refractivity contribution in [2.45, 2.75) is 37.7 Å². The van der Waals surface area contributed by atoms with E-state index in [1.54, 1.807) is 12.3 Å². The second-order valence-corrected chi connectivity index (χ2v) is 5.86. The number of nitrogens with zero attached hydrogens (tertiary/aromatic N) is 3. The summed E-state index contributed by atoms with van der Waals surface area (Å²) < 4.78 is 0. The van der Waals surface area contributed by atoms with E-state index < -0.39 is 5.60 Å². The Kier molecular flexibility index (Phi) is 3.33. The van der Waals surface area contributed by atoms with Crippen LogP contribution in [0.1, 0.15) is 32.1 Å². The Morgan fingerprint density at radius 1 is 1.45 bits per heavy atom. The van der Waals surface area contributed by atoms with Gasteiger partial charge in [-0.3, -0.25) is 15.1 Å². The van der Waals surface area contributed by atoms with Gasteiger partial charge in [0, 0.05) is 25.2 Å². The van der Waals surface area contributed by atoms with E-state index in [0.29, 0.717) is 25.2 Å². The first-order valence-corrected chi connectivity index (χ1v) is 7.16. The van der Waals surface area contributed by atoms with Gasteiger partial charge in [0.05, 0.1) is 10.5 Å². The third-order valence-corrected chi connectivity index (χ3v) is 4.74. The predicted molar refractivity (Wildman–Crippen MR) is 74.6 cm³/mol. The molecular formula is C14H19N3O3. The van der Waals surface area contributed by atoms with Gasteiger partial charge in [-0.15, -0.1) is 0 Å². The topological polar surface area (TPSA) is 79.5 Å². The zero-order valence-corrected chi connectivity index (χ0v) is 11.4. The summed E-state index contributed by atoms with van der Waals surface area (Å²) in [6, 6.07) is 1.70. The van der Waals surface area contributed by atoms with Gasteiger partial charge in [0.25, 0.3) is 0 Å². The minimum atomic E-state index is -0.559. The van der Waals surface area contributed by atoms with Gasteiger partial charge in [-0.25, -0.2) is 0 Å². The standard InChI is InChI=1S/C14H19N3O3/c18-14-5-2-1-3-11(14)10-16(8-6-14)12-4-7-15-9-13(12)17(19)20/h4,7,9,11,18H,1-3,5-6,8,10H2. The molecule has 6 nitrogen and oxygen atoms in total. The van der Waals surface area contributed by atoms with Crippen molar-refractivity contribution < 1.29 is 10.0 Å². The third kappa shape index (κ3) is 2.24. The molecule has 0 bridgehead atoms. The lowest BCUT2D eigenvalue weighted by Gasteiger charge is -2.47. The van der Waals surface area contributed by atoms with Gasteiger partial charge in [-0.2, -0.15) is 0 Å². The highest BCUT2D eigenvalue weighted by atomic mass is 16.6. The SMILES string of the molecule is O=[N+]([O-])c1cnccc1N1CCC2(O)CCCCC2C1. The van der Waals surface area contributed by atoms with Gasteiger partial charge in [0.1, 0.15) is 11.9 Å². The molecule has 1 aromatic rings. The number of anilines is 1. The molecule has 1 aromatic heterocycles. The summed E-state index contributed by atoms with van der Waals surface area (Å²) in [5.41, 5.74) is 0.114. The summed E-state index contributed by atoms with van der Waals surface area (Å²) in [5.74, 6) is 0.220. The average molecular weight is 277 g/mol. The number of rotatable bonds is 2. The maximum absolute atomic E-state index is 11.1. The van der Waals surface area contributed by atoms with Crippen LogP contribution in [0.5, 0.6) is 0 Å². The number of hydrogen-bond acceptors (Lipinski definition) is 5. The van der Waals surface area contributed by atoms with Crippen molar-refractivity contribution in [1.82, 2.24) is 4.98 Å². The van der Waals surface area contributed by atoms with Gasteiger partial charge in [-0.1, -0.05) is 12.8 Å². The van der Waals surface area contributed by atoms with Gasteiger partial charge in [0.2, 0.25) is 0 Å². The van der Waals surface area contributed by atoms with Crippen LogP contribution in [0.25, 0.3) is 0 Å². The van der Waals surface area contributed by atoms with Crippen molar-refractivity contribution >= 4 is 11.4 Å². The smallest absolute Gasteiger partial charge is 0.310 e. The zero-order valence-electron chi connectivity index (χ0n) is 11.4. The highest BCUT2D eigenvalue weighted by molar-refractivity contribution is 5.62. The Morgan fingerprint density at radius 3 is 3.10 bits per heavy atom. The number of nitro groups is 1. The van der Waals surface area contributed by atoms with Gasteiger partial charge in [0.15, 0.2) is 0 Å². The first-order valence-electron chi connectivity index (χ1n) is 7.16.